The number of anilines is 1. The minimum absolute atomic E-state index is 0.0465. The molecule has 0 saturated carbocycles. The van der Waals surface area contributed by atoms with Gasteiger partial charge in [-0.05, 0) is 67.1 Å². The summed E-state index contributed by atoms with van der Waals surface area (Å²) in [5, 5.41) is 2.66. The van der Waals surface area contributed by atoms with Gasteiger partial charge in [0.15, 0.2) is 5.78 Å². The van der Waals surface area contributed by atoms with Crippen molar-refractivity contribution in [1.82, 2.24) is 0 Å². The highest BCUT2D eigenvalue weighted by atomic mass is 16.5. The highest BCUT2D eigenvalue weighted by Crippen LogP contribution is 2.29. The first-order chi connectivity index (χ1) is 25.3. The van der Waals surface area contributed by atoms with Crippen molar-refractivity contribution in [2.75, 3.05) is 26.1 Å². The average Bonchev–Trinajstić information content (AvgIpc) is 3.16. The molecule has 0 heterocycles. The summed E-state index contributed by atoms with van der Waals surface area (Å²) in [4.78, 5) is 50.0. The Labute approximate surface area is 309 Å². The molecule has 3 aromatic rings. The SMILES string of the molecule is CCCCCCCCCCCCCCCCCCOc1ccc(C(=O)CC(=O)Nc2ccc(Oc3cccc(C(=O)OC)c3)c(C(=O)OC)c2)cc1. The maximum absolute atomic E-state index is 12.8. The minimum Gasteiger partial charge on any atom is -0.494 e. The zero-order valence-electron chi connectivity index (χ0n) is 31.3. The highest BCUT2D eigenvalue weighted by molar-refractivity contribution is 6.11. The van der Waals surface area contributed by atoms with Gasteiger partial charge in [0.1, 0.15) is 22.8 Å². The third kappa shape index (κ3) is 15.7. The zero-order valence-corrected chi connectivity index (χ0v) is 31.3. The van der Waals surface area contributed by atoms with Gasteiger partial charge in [-0.3, -0.25) is 9.59 Å². The Balaban J connectivity index is 1.33. The van der Waals surface area contributed by atoms with Crippen LogP contribution in [0.2, 0.25) is 0 Å². The smallest absolute Gasteiger partial charge is 0.341 e. The van der Waals surface area contributed by atoms with Gasteiger partial charge < -0.3 is 24.3 Å². The van der Waals surface area contributed by atoms with Crippen molar-refractivity contribution in [2.24, 2.45) is 0 Å². The molecule has 9 heteroatoms. The number of hydrogen-bond acceptors (Lipinski definition) is 8. The lowest BCUT2D eigenvalue weighted by molar-refractivity contribution is -0.115. The summed E-state index contributed by atoms with van der Waals surface area (Å²) in [6.07, 6.45) is 20.8. The molecule has 0 bridgehead atoms. The van der Waals surface area contributed by atoms with E-state index in [9.17, 15) is 19.2 Å². The second-order valence-corrected chi connectivity index (χ2v) is 13.1. The van der Waals surface area contributed by atoms with E-state index in [4.69, 9.17) is 18.9 Å². The molecule has 0 aliphatic rings. The van der Waals surface area contributed by atoms with Crippen LogP contribution in [0.4, 0.5) is 5.69 Å². The fourth-order valence-corrected chi connectivity index (χ4v) is 5.93. The van der Waals surface area contributed by atoms with Gasteiger partial charge in [-0.25, -0.2) is 9.59 Å². The van der Waals surface area contributed by atoms with E-state index in [-0.39, 0.29) is 34.8 Å². The van der Waals surface area contributed by atoms with E-state index in [0.29, 0.717) is 23.7 Å². The van der Waals surface area contributed by atoms with Crippen LogP contribution >= 0.6 is 0 Å². The van der Waals surface area contributed by atoms with E-state index < -0.39 is 17.8 Å². The normalized spacial score (nSPS) is 10.8. The van der Waals surface area contributed by atoms with E-state index >= 15 is 0 Å². The monoisotopic (exact) mass is 715 g/mol. The standard InChI is InChI=1S/C43H57NO8/c1-4-5-6-7-8-9-10-11-12-13-14-15-16-17-18-19-29-51-36-26-23-33(24-27-36)39(45)32-41(46)44-35-25-28-40(38(31-35)43(48)50-3)52-37-22-20-21-34(30-37)42(47)49-2/h20-28,30-31H,4-19,29,32H2,1-3H3,(H,44,46). The lowest BCUT2D eigenvalue weighted by Gasteiger charge is -2.13. The third-order valence-electron chi connectivity index (χ3n) is 8.92. The molecule has 9 nitrogen and oxygen atoms in total. The van der Waals surface area contributed by atoms with Crippen LogP contribution in [0.5, 0.6) is 17.2 Å². The molecule has 0 radical (unpaired) electrons. The van der Waals surface area contributed by atoms with Crippen LogP contribution in [0.3, 0.4) is 0 Å². The first kappa shape index (κ1) is 41.8. The molecule has 0 aromatic heterocycles. The Hall–Kier alpha value is -4.66. The molecule has 0 saturated heterocycles. The van der Waals surface area contributed by atoms with Gasteiger partial charge in [0, 0.05) is 11.3 Å². The van der Waals surface area contributed by atoms with Gasteiger partial charge >= 0.3 is 11.9 Å². The van der Waals surface area contributed by atoms with E-state index in [2.05, 4.69) is 12.2 Å². The number of unbranched alkanes of at least 4 members (excludes halogenated alkanes) is 15. The molecule has 0 spiro atoms. The predicted molar refractivity (Wildman–Crippen MR) is 205 cm³/mol. The van der Waals surface area contributed by atoms with Crippen molar-refractivity contribution < 1.29 is 38.1 Å². The molecule has 0 aliphatic carbocycles. The van der Waals surface area contributed by atoms with Crippen LogP contribution in [0.25, 0.3) is 0 Å². The molecule has 3 aromatic carbocycles. The topological polar surface area (TPSA) is 117 Å². The van der Waals surface area contributed by atoms with Crippen LogP contribution in [0.1, 0.15) is 147 Å². The molecule has 0 fully saturated rings. The zero-order chi connectivity index (χ0) is 37.4. The molecular weight excluding hydrogens is 658 g/mol. The van der Waals surface area contributed by atoms with E-state index in [1.807, 2.05) is 0 Å². The maximum Gasteiger partial charge on any atom is 0.341 e. The number of Topliss-reactive ketones (excluding diaryl/α,β-unsaturated/α-hetero) is 1. The fourth-order valence-electron chi connectivity index (χ4n) is 5.93. The highest BCUT2D eigenvalue weighted by Gasteiger charge is 2.18. The number of ether oxygens (including phenoxy) is 4. The summed E-state index contributed by atoms with van der Waals surface area (Å²) in [7, 11) is 2.51. The largest absolute Gasteiger partial charge is 0.494 e. The van der Waals surface area contributed by atoms with Crippen molar-refractivity contribution in [2.45, 2.75) is 116 Å². The van der Waals surface area contributed by atoms with Gasteiger partial charge in [-0.15, -0.1) is 0 Å². The Morgan fingerprint density at radius 1 is 0.577 bits per heavy atom. The van der Waals surface area contributed by atoms with Crippen LogP contribution in [-0.2, 0) is 14.3 Å². The van der Waals surface area contributed by atoms with Gasteiger partial charge in [0.05, 0.1) is 32.8 Å². The fraction of sp³-hybridized carbons (Fsp3) is 0.488. The van der Waals surface area contributed by atoms with Crippen molar-refractivity contribution in [3.8, 4) is 17.2 Å². The predicted octanol–water partition coefficient (Wildman–Crippen LogP) is 10.9. The number of hydrogen-bond donors (Lipinski definition) is 1. The number of carbonyl (C=O) groups is 4. The quantitative estimate of drug-likeness (QED) is 0.0378. The third-order valence-corrected chi connectivity index (χ3v) is 8.92. The Kier molecular flexibility index (Phi) is 19.7. The first-order valence-corrected chi connectivity index (χ1v) is 19.0. The Bertz CT molecular complexity index is 1530. The second-order valence-electron chi connectivity index (χ2n) is 13.1. The molecule has 3 rings (SSSR count). The van der Waals surface area contributed by atoms with Crippen molar-refractivity contribution in [1.29, 1.82) is 0 Å². The lowest BCUT2D eigenvalue weighted by Crippen LogP contribution is -2.17. The van der Waals surface area contributed by atoms with Crippen molar-refractivity contribution in [3.05, 3.63) is 83.4 Å². The van der Waals surface area contributed by atoms with E-state index in [1.165, 1.54) is 122 Å². The summed E-state index contributed by atoms with van der Waals surface area (Å²) >= 11 is 0. The molecule has 1 amide bonds. The number of amides is 1. The number of carbonyl (C=O) groups excluding carboxylic acids is 4. The number of benzene rings is 3. The lowest BCUT2D eigenvalue weighted by atomic mass is 10.0. The Morgan fingerprint density at radius 3 is 1.73 bits per heavy atom. The van der Waals surface area contributed by atoms with Gasteiger partial charge in [0.25, 0.3) is 0 Å². The van der Waals surface area contributed by atoms with Crippen LogP contribution < -0.4 is 14.8 Å². The molecule has 0 aliphatic heterocycles. The molecule has 282 valence electrons. The first-order valence-electron chi connectivity index (χ1n) is 19.0. The molecule has 52 heavy (non-hydrogen) atoms. The van der Waals surface area contributed by atoms with Crippen LogP contribution in [0, 0.1) is 0 Å². The van der Waals surface area contributed by atoms with Gasteiger partial charge in [-0.2, -0.15) is 0 Å². The molecule has 0 unspecified atom stereocenters. The van der Waals surface area contributed by atoms with Gasteiger partial charge in [-0.1, -0.05) is 109 Å². The molecule has 1 N–H and O–H groups in total. The summed E-state index contributed by atoms with van der Waals surface area (Å²) in [5.41, 5.74) is 1.01. The van der Waals surface area contributed by atoms with Crippen molar-refractivity contribution >= 4 is 29.3 Å². The molecular formula is C43H57NO8. The Morgan fingerprint density at radius 2 is 1.15 bits per heavy atom. The summed E-state index contributed by atoms with van der Waals surface area (Å²) in [6.45, 7) is 2.90. The van der Waals surface area contributed by atoms with E-state index in [0.717, 1.165) is 12.8 Å². The average molecular weight is 716 g/mol. The van der Waals surface area contributed by atoms with Crippen LogP contribution in [0.15, 0.2) is 66.7 Å². The van der Waals surface area contributed by atoms with Gasteiger partial charge in [0.2, 0.25) is 5.91 Å². The second kappa shape index (κ2) is 24.5. The number of methoxy groups -OCH3 is 2. The van der Waals surface area contributed by atoms with Crippen molar-refractivity contribution in [3.63, 3.8) is 0 Å². The minimum atomic E-state index is -0.691. The summed E-state index contributed by atoms with van der Waals surface area (Å²) in [5.74, 6) is -0.965. The number of rotatable bonds is 26. The number of nitrogens with one attached hydrogen (secondary N) is 1. The summed E-state index contributed by atoms with van der Waals surface area (Å²) < 4.78 is 21.4. The summed E-state index contributed by atoms with van der Waals surface area (Å²) in [6, 6.07) is 17.6. The number of esters is 2. The maximum atomic E-state index is 12.8. The number of ketones is 1. The van der Waals surface area contributed by atoms with Crippen LogP contribution in [-0.4, -0.2) is 44.5 Å². The molecule has 0 atom stereocenters. The van der Waals surface area contributed by atoms with E-state index in [1.54, 1.807) is 48.5 Å².